The number of hydrogen-bond donors (Lipinski definition) is 2. The van der Waals surface area contributed by atoms with Crippen LogP contribution in [0.1, 0.15) is 25.8 Å². The van der Waals surface area contributed by atoms with Gasteiger partial charge in [0.25, 0.3) is 0 Å². The van der Waals surface area contributed by atoms with E-state index >= 15 is 0 Å². The molecule has 0 aliphatic heterocycles. The van der Waals surface area contributed by atoms with Crippen molar-refractivity contribution in [3.8, 4) is 0 Å². The lowest BCUT2D eigenvalue weighted by atomic mass is 10.2. The smallest absolute Gasteiger partial charge is 0.191 e. The first-order valence-electron chi connectivity index (χ1n) is 8.87. The van der Waals surface area contributed by atoms with Crippen molar-refractivity contribution in [2.45, 2.75) is 27.2 Å². The predicted octanol–water partition coefficient (Wildman–Crippen LogP) is 1.81. The van der Waals surface area contributed by atoms with Crippen LogP contribution in [0.25, 0.3) is 0 Å². The number of aryl methyl sites for hydroxylation is 1. The van der Waals surface area contributed by atoms with Crippen molar-refractivity contribution >= 4 is 21.5 Å². The molecule has 0 unspecified atom stereocenters. The molecule has 1 aromatic rings. The largest absolute Gasteiger partial charge is 0.370 e. The van der Waals surface area contributed by atoms with Crippen molar-refractivity contribution in [3.63, 3.8) is 0 Å². The molecule has 7 heteroatoms. The zero-order valence-electron chi connectivity index (χ0n) is 15.9. The number of hydrogen-bond acceptors (Lipinski definition) is 4. The summed E-state index contributed by atoms with van der Waals surface area (Å²) >= 11 is 0. The summed E-state index contributed by atoms with van der Waals surface area (Å²) in [5.41, 5.74) is 2.48. The molecule has 0 bridgehead atoms. The number of nitrogens with zero attached hydrogens (tertiary/aromatic N) is 2. The SMILES string of the molecule is CCNC(=NCCCS(C)(=O)=O)NCCN(CC)c1cccc(C)c1. The van der Waals surface area contributed by atoms with Crippen LogP contribution in [0.5, 0.6) is 0 Å². The number of anilines is 1. The molecule has 0 spiro atoms. The second-order valence-corrected chi connectivity index (χ2v) is 8.35. The Morgan fingerprint density at radius 1 is 1.24 bits per heavy atom. The third-order valence-electron chi connectivity index (χ3n) is 3.71. The van der Waals surface area contributed by atoms with E-state index in [0.29, 0.717) is 13.0 Å². The molecule has 6 nitrogen and oxygen atoms in total. The quantitative estimate of drug-likeness (QED) is 0.374. The zero-order valence-corrected chi connectivity index (χ0v) is 16.7. The molecule has 1 aromatic carbocycles. The van der Waals surface area contributed by atoms with Gasteiger partial charge >= 0.3 is 0 Å². The number of sulfone groups is 1. The van der Waals surface area contributed by atoms with Gasteiger partial charge in [0.1, 0.15) is 9.84 Å². The van der Waals surface area contributed by atoms with Crippen LogP contribution in [0.4, 0.5) is 5.69 Å². The summed E-state index contributed by atoms with van der Waals surface area (Å²) in [7, 11) is -2.92. The molecule has 0 amide bonds. The molecule has 0 radical (unpaired) electrons. The summed E-state index contributed by atoms with van der Waals surface area (Å²) in [6, 6.07) is 8.49. The number of guanidine groups is 1. The van der Waals surface area contributed by atoms with Gasteiger partial charge in [-0.25, -0.2) is 8.42 Å². The maximum Gasteiger partial charge on any atom is 0.191 e. The van der Waals surface area contributed by atoms with E-state index in [0.717, 1.165) is 32.1 Å². The summed E-state index contributed by atoms with van der Waals surface area (Å²) in [4.78, 5) is 6.75. The first-order valence-corrected chi connectivity index (χ1v) is 10.9. The van der Waals surface area contributed by atoms with Crippen LogP contribution in [0.2, 0.25) is 0 Å². The highest BCUT2D eigenvalue weighted by Crippen LogP contribution is 2.14. The van der Waals surface area contributed by atoms with E-state index in [9.17, 15) is 8.42 Å². The van der Waals surface area contributed by atoms with E-state index in [1.807, 2.05) is 6.92 Å². The van der Waals surface area contributed by atoms with Gasteiger partial charge in [0.15, 0.2) is 5.96 Å². The van der Waals surface area contributed by atoms with Gasteiger partial charge < -0.3 is 15.5 Å². The Morgan fingerprint density at radius 3 is 2.60 bits per heavy atom. The van der Waals surface area contributed by atoms with Crippen LogP contribution < -0.4 is 15.5 Å². The second kappa shape index (κ2) is 11.0. The van der Waals surface area contributed by atoms with Crippen molar-refractivity contribution in [2.24, 2.45) is 4.99 Å². The minimum Gasteiger partial charge on any atom is -0.370 e. The molecule has 0 heterocycles. The molecular formula is C18H32N4O2S. The van der Waals surface area contributed by atoms with Gasteiger partial charge in [-0.2, -0.15) is 0 Å². The molecule has 0 saturated carbocycles. The van der Waals surface area contributed by atoms with E-state index in [2.05, 4.69) is 58.6 Å². The molecule has 0 saturated heterocycles. The van der Waals surface area contributed by atoms with Crippen LogP contribution in [0, 0.1) is 6.92 Å². The number of rotatable bonds is 10. The maximum absolute atomic E-state index is 11.2. The topological polar surface area (TPSA) is 73.8 Å². The normalized spacial score (nSPS) is 12.1. The van der Waals surface area contributed by atoms with Crippen molar-refractivity contribution < 1.29 is 8.42 Å². The molecule has 0 atom stereocenters. The molecule has 0 fully saturated rings. The van der Waals surface area contributed by atoms with Crippen molar-refractivity contribution in [1.29, 1.82) is 0 Å². The Bertz CT molecular complexity index is 644. The van der Waals surface area contributed by atoms with Gasteiger partial charge in [0.05, 0.1) is 5.75 Å². The summed E-state index contributed by atoms with van der Waals surface area (Å²) < 4.78 is 22.3. The maximum atomic E-state index is 11.2. The minimum atomic E-state index is -2.92. The van der Waals surface area contributed by atoms with E-state index in [4.69, 9.17) is 0 Å². The lowest BCUT2D eigenvalue weighted by Gasteiger charge is -2.24. The molecule has 142 valence electrons. The standard InChI is InChI=1S/C18H32N4O2S/c1-5-19-18(20-11-8-14-25(4,23)24)21-12-13-22(6-2)17-10-7-9-16(3)15-17/h7,9-10,15H,5-6,8,11-14H2,1-4H3,(H2,19,20,21). The highest BCUT2D eigenvalue weighted by molar-refractivity contribution is 7.90. The molecule has 2 N–H and O–H groups in total. The zero-order chi connectivity index (χ0) is 18.7. The Kier molecular flexibility index (Phi) is 9.34. The van der Waals surface area contributed by atoms with Crippen molar-refractivity contribution in [1.82, 2.24) is 10.6 Å². The fourth-order valence-electron chi connectivity index (χ4n) is 2.46. The van der Waals surface area contributed by atoms with Crippen molar-refractivity contribution in [3.05, 3.63) is 29.8 Å². The van der Waals surface area contributed by atoms with Crippen LogP contribution in [-0.2, 0) is 9.84 Å². The Balaban J connectivity index is 2.50. The van der Waals surface area contributed by atoms with Gasteiger partial charge in [-0.05, 0) is 44.9 Å². The lowest BCUT2D eigenvalue weighted by molar-refractivity contribution is 0.599. The van der Waals surface area contributed by atoms with E-state index in [-0.39, 0.29) is 5.75 Å². The van der Waals surface area contributed by atoms with Gasteiger partial charge in [0, 0.05) is 44.7 Å². The number of benzene rings is 1. The van der Waals surface area contributed by atoms with E-state index in [1.54, 1.807) is 0 Å². The van der Waals surface area contributed by atoms with Crippen LogP contribution >= 0.6 is 0 Å². The Hall–Kier alpha value is -1.76. The van der Waals surface area contributed by atoms with E-state index in [1.165, 1.54) is 17.5 Å². The number of likely N-dealkylation sites (N-methyl/N-ethyl adjacent to an activating group) is 1. The average Bonchev–Trinajstić information content (AvgIpc) is 2.54. The predicted molar refractivity (Wildman–Crippen MR) is 107 cm³/mol. The first kappa shape index (κ1) is 21.3. The molecule has 0 aromatic heterocycles. The monoisotopic (exact) mass is 368 g/mol. The van der Waals surface area contributed by atoms with Gasteiger partial charge in [-0.1, -0.05) is 12.1 Å². The molecule has 25 heavy (non-hydrogen) atoms. The molecule has 1 rings (SSSR count). The molecule has 0 aliphatic carbocycles. The highest BCUT2D eigenvalue weighted by atomic mass is 32.2. The van der Waals surface area contributed by atoms with Gasteiger partial charge in [-0.15, -0.1) is 0 Å². The molecular weight excluding hydrogens is 336 g/mol. The minimum absolute atomic E-state index is 0.173. The molecule has 0 aliphatic rings. The van der Waals surface area contributed by atoms with Gasteiger partial charge in [-0.3, -0.25) is 4.99 Å². The third-order valence-corrected chi connectivity index (χ3v) is 4.74. The number of nitrogens with one attached hydrogen (secondary N) is 2. The van der Waals surface area contributed by atoms with Crippen LogP contribution in [0.3, 0.4) is 0 Å². The summed E-state index contributed by atoms with van der Waals surface area (Å²) in [6.07, 6.45) is 1.80. The van der Waals surface area contributed by atoms with Crippen LogP contribution in [-0.4, -0.2) is 59.1 Å². The summed E-state index contributed by atoms with van der Waals surface area (Å²) in [5.74, 6) is 0.906. The first-order chi connectivity index (χ1) is 11.9. The van der Waals surface area contributed by atoms with Gasteiger partial charge in [0.2, 0.25) is 0 Å². The fourth-order valence-corrected chi connectivity index (χ4v) is 3.12. The fraction of sp³-hybridized carbons (Fsp3) is 0.611. The summed E-state index contributed by atoms with van der Waals surface area (Å²) in [5, 5.41) is 6.51. The lowest BCUT2D eigenvalue weighted by Crippen LogP contribution is -2.41. The third kappa shape index (κ3) is 9.34. The Morgan fingerprint density at radius 2 is 2.00 bits per heavy atom. The number of aliphatic imine (C=N–C) groups is 1. The average molecular weight is 369 g/mol. The van der Waals surface area contributed by atoms with E-state index < -0.39 is 9.84 Å². The second-order valence-electron chi connectivity index (χ2n) is 6.09. The van der Waals surface area contributed by atoms with Crippen molar-refractivity contribution in [2.75, 3.05) is 49.6 Å². The Labute approximate surface area is 152 Å². The summed E-state index contributed by atoms with van der Waals surface area (Å²) in [6.45, 7) is 10.1. The highest BCUT2D eigenvalue weighted by Gasteiger charge is 2.05. The van der Waals surface area contributed by atoms with Crippen LogP contribution in [0.15, 0.2) is 29.3 Å².